The number of hydrogen-bond donors (Lipinski definition) is 5. The second-order valence-corrected chi connectivity index (χ2v) is 6.36. The molecule has 2 aromatic heterocycles. The maximum Gasteiger partial charge on any atom is 0.260 e. The third-order valence-corrected chi connectivity index (χ3v) is 4.60. The average molecular weight is 349 g/mol. The quantitative estimate of drug-likeness (QED) is 0.436. The second kappa shape index (κ2) is 5.23. The zero-order chi connectivity index (χ0) is 16.1. The predicted octanol–water partition coefficient (Wildman–Crippen LogP) is 2.51. The minimum Gasteiger partial charge on any atom is -0.494 e. The first-order chi connectivity index (χ1) is 11.0. The average Bonchev–Trinajstić information content (AvgIpc) is 2.85. The summed E-state index contributed by atoms with van der Waals surface area (Å²) in [6.07, 6.45) is 0.813. The predicted molar refractivity (Wildman–Crippen MR) is 90.8 cm³/mol. The van der Waals surface area contributed by atoms with Gasteiger partial charge in [-0.1, -0.05) is 11.6 Å². The van der Waals surface area contributed by atoms with Gasteiger partial charge in [-0.25, -0.2) is 0 Å². The van der Waals surface area contributed by atoms with Crippen molar-refractivity contribution in [2.24, 2.45) is 0 Å². The maximum absolute atomic E-state index is 12.3. The Morgan fingerprint density at radius 1 is 1.26 bits per heavy atom. The van der Waals surface area contributed by atoms with Crippen LogP contribution in [0.2, 0.25) is 5.02 Å². The molecule has 5 N–H and O–H groups in total. The number of fused-ring (bicyclic) bond motifs is 3. The van der Waals surface area contributed by atoms with E-state index < -0.39 is 11.6 Å². The van der Waals surface area contributed by atoms with Gasteiger partial charge in [0, 0.05) is 28.2 Å². The smallest absolute Gasteiger partial charge is 0.260 e. The number of halogens is 1. The number of rotatable bonds is 1. The van der Waals surface area contributed by atoms with Gasteiger partial charge in [-0.15, -0.1) is 0 Å². The molecule has 0 fully saturated rings. The Bertz CT molecular complexity index is 1040. The van der Waals surface area contributed by atoms with Crippen LogP contribution in [-0.2, 0) is 6.42 Å². The number of H-pyrrole nitrogens is 3. The number of hydrogen-bond acceptors (Lipinski definition) is 4. The van der Waals surface area contributed by atoms with E-state index in [1.807, 2.05) is 18.2 Å². The highest BCUT2D eigenvalue weighted by atomic mass is 35.5. The summed E-state index contributed by atoms with van der Waals surface area (Å²) in [4.78, 5) is 20.7. The number of aromatic nitrogens is 3. The number of aromatic hydroxyl groups is 1. The van der Waals surface area contributed by atoms with Crippen molar-refractivity contribution < 1.29 is 5.11 Å². The fraction of sp³-hybridized carbons (Fsp3) is 0.200. The summed E-state index contributed by atoms with van der Waals surface area (Å²) >= 11 is 11.0. The third-order valence-electron chi connectivity index (χ3n) is 4.16. The van der Waals surface area contributed by atoms with Crippen LogP contribution in [0.3, 0.4) is 0 Å². The normalized spacial score (nSPS) is 17.3. The van der Waals surface area contributed by atoms with E-state index in [4.69, 9.17) is 23.8 Å². The zero-order valence-corrected chi connectivity index (χ0v) is 13.4. The molecule has 0 spiro atoms. The summed E-state index contributed by atoms with van der Waals surface area (Å²) in [7, 11) is 0. The largest absolute Gasteiger partial charge is 0.494 e. The Balaban J connectivity index is 1.97. The molecule has 6 nitrogen and oxygen atoms in total. The topological polar surface area (TPSA) is 96.7 Å². The summed E-state index contributed by atoms with van der Waals surface area (Å²) in [5.41, 5.74) is 2.73. The number of nitrogens with one attached hydrogen (secondary N) is 4. The molecule has 1 unspecified atom stereocenters. The van der Waals surface area contributed by atoms with Crippen LogP contribution >= 0.6 is 23.8 Å². The van der Waals surface area contributed by atoms with Crippen molar-refractivity contribution in [1.29, 1.82) is 0 Å². The van der Waals surface area contributed by atoms with Crippen molar-refractivity contribution >= 4 is 34.7 Å². The molecule has 118 valence electrons. The summed E-state index contributed by atoms with van der Waals surface area (Å²) in [5.74, 6) is -0.221. The van der Waals surface area contributed by atoms with Crippen molar-refractivity contribution in [3.8, 4) is 5.88 Å². The van der Waals surface area contributed by atoms with Crippen LogP contribution in [0.4, 0.5) is 0 Å². The van der Waals surface area contributed by atoms with Gasteiger partial charge in [0.25, 0.3) is 5.56 Å². The fourth-order valence-electron chi connectivity index (χ4n) is 3.20. The fourth-order valence-corrected chi connectivity index (χ4v) is 3.56. The van der Waals surface area contributed by atoms with Crippen molar-refractivity contribution in [2.45, 2.75) is 12.5 Å². The van der Waals surface area contributed by atoms with Gasteiger partial charge in [0.2, 0.25) is 5.88 Å². The van der Waals surface area contributed by atoms with E-state index in [1.54, 1.807) is 0 Å². The first kappa shape index (κ1) is 14.5. The first-order valence-corrected chi connectivity index (χ1v) is 7.92. The summed E-state index contributed by atoms with van der Waals surface area (Å²) in [5, 5.41) is 15.1. The number of benzene rings is 1. The minimum atomic E-state index is -0.444. The Hall–Kier alpha value is -2.09. The van der Waals surface area contributed by atoms with Crippen LogP contribution in [0.25, 0.3) is 10.9 Å². The highest BCUT2D eigenvalue weighted by Crippen LogP contribution is 2.35. The summed E-state index contributed by atoms with van der Waals surface area (Å²) in [6, 6.07) is 5.20. The molecule has 0 bridgehead atoms. The lowest BCUT2D eigenvalue weighted by Crippen LogP contribution is -2.34. The molecule has 8 heteroatoms. The lowest BCUT2D eigenvalue weighted by Gasteiger charge is -2.24. The Morgan fingerprint density at radius 2 is 2.09 bits per heavy atom. The SMILES string of the molecule is O=c1[nH]c(=S)[nH]c(O)c1C1NCCc2c1[nH]c1ccc(Cl)cc21. The van der Waals surface area contributed by atoms with E-state index in [9.17, 15) is 9.90 Å². The molecule has 0 radical (unpaired) electrons. The van der Waals surface area contributed by atoms with E-state index in [0.29, 0.717) is 11.6 Å². The van der Waals surface area contributed by atoms with E-state index in [2.05, 4.69) is 20.3 Å². The highest BCUT2D eigenvalue weighted by Gasteiger charge is 2.29. The van der Waals surface area contributed by atoms with E-state index >= 15 is 0 Å². The molecular formula is C15H13ClN4O2S. The molecular weight excluding hydrogens is 336 g/mol. The van der Waals surface area contributed by atoms with Gasteiger partial charge < -0.3 is 20.4 Å². The Labute approximate surface area is 140 Å². The first-order valence-electron chi connectivity index (χ1n) is 7.13. The monoisotopic (exact) mass is 348 g/mol. The molecule has 0 saturated carbocycles. The molecule has 0 saturated heterocycles. The molecule has 23 heavy (non-hydrogen) atoms. The molecule has 1 atom stereocenters. The lowest BCUT2D eigenvalue weighted by molar-refractivity contribution is 0.427. The van der Waals surface area contributed by atoms with Gasteiger partial charge in [-0.2, -0.15) is 0 Å². The third kappa shape index (κ3) is 2.28. The minimum absolute atomic E-state index is 0.0933. The molecule has 0 amide bonds. The second-order valence-electron chi connectivity index (χ2n) is 5.51. The van der Waals surface area contributed by atoms with E-state index in [-0.39, 0.29) is 16.2 Å². The van der Waals surface area contributed by atoms with Crippen LogP contribution in [0.1, 0.15) is 22.9 Å². The lowest BCUT2D eigenvalue weighted by atomic mass is 9.95. The van der Waals surface area contributed by atoms with Crippen LogP contribution in [-0.4, -0.2) is 26.6 Å². The van der Waals surface area contributed by atoms with Crippen LogP contribution < -0.4 is 10.9 Å². The molecule has 1 aliphatic heterocycles. The summed E-state index contributed by atoms with van der Waals surface area (Å²) in [6.45, 7) is 0.686. The van der Waals surface area contributed by atoms with Gasteiger partial charge in [-0.05, 0) is 42.4 Å². The molecule has 3 heterocycles. The molecule has 3 aromatic rings. The Morgan fingerprint density at radius 3 is 2.87 bits per heavy atom. The van der Waals surface area contributed by atoms with Crippen molar-refractivity contribution in [3.63, 3.8) is 0 Å². The zero-order valence-electron chi connectivity index (χ0n) is 11.9. The highest BCUT2D eigenvalue weighted by molar-refractivity contribution is 7.71. The van der Waals surface area contributed by atoms with Crippen molar-refractivity contribution in [1.82, 2.24) is 20.3 Å². The van der Waals surface area contributed by atoms with Crippen LogP contribution in [0.5, 0.6) is 5.88 Å². The van der Waals surface area contributed by atoms with Gasteiger partial charge in [0.1, 0.15) is 5.56 Å². The maximum atomic E-state index is 12.3. The molecule has 0 aliphatic carbocycles. The van der Waals surface area contributed by atoms with Crippen molar-refractivity contribution in [2.75, 3.05) is 6.54 Å². The van der Waals surface area contributed by atoms with E-state index in [0.717, 1.165) is 28.6 Å². The van der Waals surface area contributed by atoms with E-state index in [1.165, 1.54) is 0 Å². The summed E-state index contributed by atoms with van der Waals surface area (Å²) < 4.78 is 0.0933. The van der Waals surface area contributed by atoms with Gasteiger partial charge in [0.15, 0.2) is 4.77 Å². The van der Waals surface area contributed by atoms with Crippen LogP contribution in [0.15, 0.2) is 23.0 Å². The number of aromatic amines is 3. The van der Waals surface area contributed by atoms with Crippen LogP contribution in [0, 0.1) is 4.77 Å². The Kier molecular flexibility index (Phi) is 3.29. The molecule has 1 aromatic carbocycles. The molecule has 4 rings (SSSR count). The van der Waals surface area contributed by atoms with Gasteiger partial charge in [-0.3, -0.25) is 9.78 Å². The van der Waals surface area contributed by atoms with Gasteiger partial charge in [0.05, 0.1) is 6.04 Å². The van der Waals surface area contributed by atoms with Crippen molar-refractivity contribution in [3.05, 3.63) is 55.2 Å². The molecule has 1 aliphatic rings. The van der Waals surface area contributed by atoms with Gasteiger partial charge >= 0.3 is 0 Å². The standard InChI is InChI=1S/C15H13ClN4O2S/c16-6-1-2-9-8(5-6)7-3-4-17-12(11(7)18-9)10-13(21)19-15(23)20-14(10)22/h1-2,5,12,17-18H,3-4H2,(H3,19,20,21,22,23).